The van der Waals surface area contributed by atoms with Gasteiger partial charge in [-0.1, -0.05) is 6.07 Å². The zero-order chi connectivity index (χ0) is 17.3. The summed E-state index contributed by atoms with van der Waals surface area (Å²) in [4.78, 5) is 8.98. The van der Waals surface area contributed by atoms with E-state index in [1.54, 1.807) is 0 Å². The van der Waals surface area contributed by atoms with Gasteiger partial charge in [0, 0.05) is 44.3 Å². The number of rotatable bonds is 9. The largest absolute Gasteiger partial charge is 0.477 e. The summed E-state index contributed by atoms with van der Waals surface area (Å²) in [6.45, 7) is 6.02. The summed E-state index contributed by atoms with van der Waals surface area (Å²) in [5.41, 5.74) is 1.07. The monoisotopic (exact) mass is 341 g/mol. The summed E-state index contributed by atoms with van der Waals surface area (Å²) >= 11 is 0. The molecule has 0 saturated heterocycles. The molecule has 1 fully saturated rings. The summed E-state index contributed by atoms with van der Waals surface area (Å²) in [5.74, 6) is 2.27. The third-order valence-electron chi connectivity index (χ3n) is 4.05. The van der Waals surface area contributed by atoms with Crippen LogP contribution in [0, 0.1) is 5.92 Å². The Bertz CT molecular complexity index is 647. The van der Waals surface area contributed by atoms with E-state index in [4.69, 9.17) is 4.74 Å². The van der Waals surface area contributed by atoms with Crippen molar-refractivity contribution in [2.24, 2.45) is 10.9 Å². The second kappa shape index (κ2) is 9.11. The number of nitrogens with one attached hydrogen (secondary N) is 2. The fraction of sp³-hybridized carbons (Fsp3) is 0.474. The first kappa shape index (κ1) is 17.3. The molecule has 2 N–H and O–H groups in total. The van der Waals surface area contributed by atoms with E-state index in [9.17, 15) is 0 Å². The van der Waals surface area contributed by atoms with Crippen molar-refractivity contribution in [3.05, 3.63) is 48.4 Å². The molecule has 2 aromatic rings. The van der Waals surface area contributed by atoms with E-state index in [1.165, 1.54) is 12.8 Å². The van der Waals surface area contributed by atoms with Crippen LogP contribution < -0.4 is 15.4 Å². The number of nitrogens with zero attached hydrogens (tertiary/aromatic N) is 3. The molecule has 6 heteroatoms. The number of pyridine rings is 1. The van der Waals surface area contributed by atoms with Crippen molar-refractivity contribution < 1.29 is 4.74 Å². The molecule has 0 bridgehead atoms. The average molecular weight is 341 g/mol. The van der Waals surface area contributed by atoms with Crippen molar-refractivity contribution in [1.29, 1.82) is 0 Å². The van der Waals surface area contributed by atoms with E-state index in [0.29, 0.717) is 12.4 Å². The molecular formula is C19H27N5O. The number of aliphatic imine (C=N–C) groups is 1. The van der Waals surface area contributed by atoms with E-state index in [1.807, 2.05) is 30.5 Å². The minimum absolute atomic E-state index is 0.592. The number of guanidine groups is 1. The van der Waals surface area contributed by atoms with Crippen LogP contribution in [0.25, 0.3) is 0 Å². The summed E-state index contributed by atoms with van der Waals surface area (Å²) in [6.07, 6.45) is 8.54. The average Bonchev–Trinajstić information content (AvgIpc) is 3.33. The molecule has 3 rings (SSSR count). The number of aromatic nitrogens is 2. The quantitative estimate of drug-likeness (QED) is 0.543. The van der Waals surface area contributed by atoms with Gasteiger partial charge in [0.05, 0.1) is 13.2 Å². The van der Waals surface area contributed by atoms with Crippen LogP contribution in [0.15, 0.2) is 47.8 Å². The predicted octanol–water partition coefficient (Wildman–Crippen LogP) is 2.43. The minimum atomic E-state index is 0.592. The zero-order valence-corrected chi connectivity index (χ0v) is 14.8. The highest BCUT2D eigenvalue weighted by molar-refractivity contribution is 5.79. The van der Waals surface area contributed by atoms with Crippen molar-refractivity contribution in [2.45, 2.75) is 32.9 Å². The molecule has 134 valence electrons. The van der Waals surface area contributed by atoms with Crippen molar-refractivity contribution in [1.82, 2.24) is 20.2 Å². The van der Waals surface area contributed by atoms with Gasteiger partial charge in [0.2, 0.25) is 5.88 Å². The Morgan fingerprint density at radius 1 is 1.28 bits per heavy atom. The van der Waals surface area contributed by atoms with Crippen LogP contribution in [0.5, 0.6) is 5.88 Å². The predicted molar refractivity (Wildman–Crippen MR) is 99.7 cm³/mol. The molecular weight excluding hydrogens is 314 g/mol. The Morgan fingerprint density at radius 3 is 2.80 bits per heavy atom. The minimum Gasteiger partial charge on any atom is -0.477 e. The highest BCUT2D eigenvalue weighted by atomic mass is 16.5. The lowest BCUT2D eigenvalue weighted by Gasteiger charge is -2.12. The second-order valence-electron chi connectivity index (χ2n) is 6.30. The summed E-state index contributed by atoms with van der Waals surface area (Å²) in [7, 11) is 0. The SMILES string of the molecule is CCNC(=NCc1ccc(OCC2CC2)nc1)NCCn1cccc1. The van der Waals surface area contributed by atoms with Crippen molar-refractivity contribution in [3.63, 3.8) is 0 Å². The van der Waals surface area contributed by atoms with Crippen LogP contribution in [-0.4, -0.2) is 35.2 Å². The molecule has 0 radical (unpaired) electrons. The molecule has 0 atom stereocenters. The van der Waals surface area contributed by atoms with E-state index in [-0.39, 0.29) is 0 Å². The number of hydrogen-bond acceptors (Lipinski definition) is 3. The van der Waals surface area contributed by atoms with Crippen molar-refractivity contribution in [2.75, 3.05) is 19.7 Å². The standard InChI is InChI=1S/C19H27N5O/c1-2-20-19(21-9-12-24-10-3-4-11-24)23-14-17-7-8-18(22-13-17)25-15-16-5-6-16/h3-4,7-8,10-11,13,16H,2,5-6,9,12,14-15H2,1H3,(H2,20,21,23). The molecule has 0 aliphatic heterocycles. The summed E-state index contributed by atoms with van der Waals surface area (Å²) in [6, 6.07) is 8.02. The summed E-state index contributed by atoms with van der Waals surface area (Å²) < 4.78 is 7.80. The Balaban J connectivity index is 1.45. The van der Waals surface area contributed by atoms with Gasteiger partial charge >= 0.3 is 0 Å². The first-order valence-corrected chi connectivity index (χ1v) is 9.04. The molecule has 0 aromatic carbocycles. The van der Waals surface area contributed by atoms with Crippen LogP contribution in [0.2, 0.25) is 0 Å². The van der Waals surface area contributed by atoms with Crippen LogP contribution in [0.3, 0.4) is 0 Å². The molecule has 0 amide bonds. The topological polar surface area (TPSA) is 63.5 Å². The highest BCUT2D eigenvalue weighted by Crippen LogP contribution is 2.29. The van der Waals surface area contributed by atoms with Gasteiger partial charge in [0.1, 0.15) is 0 Å². The summed E-state index contributed by atoms with van der Waals surface area (Å²) in [5, 5.41) is 6.62. The first-order chi connectivity index (χ1) is 12.3. The smallest absolute Gasteiger partial charge is 0.213 e. The van der Waals surface area contributed by atoms with Crippen LogP contribution in [0.4, 0.5) is 0 Å². The van der Waals surface area contributed by atoms with E-state index in [0.717, 1.165) is 43.7 Å². The van der Waals surface area contributed by atoms with Gasteiger partial charge in [-0.15, -0.1) is 0 Å². The molecule has 0 unspecified atom stereocenters. The van der Waals surface area contributed by atoms with Crippen molar-refractivity contribution >= 4 is 5.96 Å². The molecule has 2 aromatic heterocycles. The normalized spacial score (nSPS) is 14.4. The van der Waals surface area contributed by atoms with Gasteiger partial charge < -0.3 is 19.9 Å². The molecule has 1 saturated carbocycles. The lowest BCUT2D eigenvalue weighted by atomic mass is 10.3. The van der Waals surface area contributed by atoms with Gasteiger partial charge in [-0.05, 0) is 43.4 Å². The maximum Gasteiger partial charge on any atom is 0.213 e. The van der Waals surface area contributed by atoms with Gasteiger partial charge in [-0.3, -0.25) is 0 Å². The number of ether oxygens (including phenoxy) is 1. The molecule has 0 spiro atoms. The molecule has 6 nitrogen and oxygen atoms in total. The Morgan fingerprint density at radius 2 is 2.12 bits per heavy atom. The van der Waals surface area contributed by atoms with Gasteiger partial charge in [-0.25, -0.2) is 9.98 Å². The van der Waals surface area contributed by atoms with Gasteiger partial charge in [0.25, 0.3) is 0 Å². The molecule has 2 heterocycles. The van der Waals surface area contributed by atoms with E-state index < -0.39 is 0 Å². The second-order valence-corrected chi connectivity index (χ2v) is 6.30. The lowest BCUT2D eigenvalue weighted by Crippen LogP contribution is -2.38. The van der Waals surface area contributed by atoms with Crippen LogP contribution in [-0.2, 0) is 13.1 Å². The number of hydrogen-bond donors (Lipinski definition) is 2. The zero-order valence-electron chi connectivity index (χ0n) is 14.8. The third kappa shape index (κ3) is 6.14. The Kier molecular flexibility index (Phi) is 6.31. The fourth-order valence-corrected chi connectivity index (χ4v) is 2.41. The maximum atomic E-state index is 5.66. The van der Waals surface area contributed by atoms with E-state index >= 15 is 0 Å². The van der Waals surface area contributed by atoms with Crippen LogP contribution >= 0.6 is 0 Å². The van der Waals surface area contributed by atoms with Crippen LogP contribution in [0.1, 0.15) is 25.3 Å². The van der Waals surface area contributed by atoms with Gasteiger partial charge in [-0.2, -0.15) is 0 Å². The highest BCUT2D eigenvalue weighted by Gasteiger charge is 2.21. The third-order valence-corrected chi connectivity index (χ3v) is 4.05. The van der Waals surface area contributed by atoms with E-state index in [2.05, 4.69) is 44.5 Å². The van der Waals surface area contributed by atoms with Crippen molar-refractivity contribution in [3.8, 4) is 5.88 Å². The molecule has 25 heavy (non-hydrogen) atoms. The Hall–Kier alpha value is -2.50. The lowest BCUT2D eigenvalue weighted by molar-refractivity contribution is 0.288. The van der Waals surface area contributed by atoms with Gasteiger partial charge in [0.15, 0.2) is 5.96 Å². The fourth-order valence-electron chi connectivity index (χ4n) is 2.41. The molecule has 1 aliphatic rings. The first-order valence-electron chi connectivity index (χ1n) is 9.04. The Labute approximate surface area is 149 Å². The molecule has 1 aliphatic carbocycles. The maximum absolute atomic E-state index is 5.66.